The van der Waals surface area contributed by atoms with Crippen LogP contribution in [0.4, 0.5) is 11.6 Å². The first-order valence-corrected chi connectivity index (χ1v) is 4.44. The number of aromatic nitrogens is 2. The van der Waals surface area contributed by atoms with Crippen molar-refractivity contribution in [3.63, 3.8) is 0 Å². The van der Waals surface area contributed by atoms with Gasteiger partial charge in [0, 0.05) is 12.3 Å². The van der Waals surface area contributed by atoms with Crippen LogP contribution < -0.4 is 16.6 Å². The predicted molar refractivity (Wildman–Crippen MR) is 56.5 cm³/mol. The molecule has 0 aliphatic heterocycles. The van der Waals surface area contributed by atoms with Crippen LogP contribution in [0.1, 0.15) is 10.4 Å². The van der Waals surface area contributed by atoms with Gasteiger partial charge in [-0.1, -0.05) is 5.16 Å². The summed E-state index contributed by atoms with van der Waals surface area (Å²) in [5.74, 6) is 5.67. The third kappa shape index (κ3) is 2.15. The van der Waals surface area contributed by atoms with E-state index in [1.165, 1.54) is 12.5 Å². The summed E-state index contributed by atoms with van der Waals surface area (Å²) in [6.45, 7) is 0. The van der Waals surface area contributed by atoms with E-state index in [4.69, 9.17) is 5.84 Å². The number of hydrazine groups is 1. The molecule has 0 radical (unpaired) electrons. The van der Waals surface area contributed by atoms with Crippen LogP contribution in [0, 0.1) is 0 Å². The maximum atomic E-state index is 11.6. The smallest absolute Gasteiger partial charge is 0.258 e. The normalized spacial score (nSPS) is 9.81. The van der Waals surface area contributed by atoms with E-state index in [0.29, 0.717) is 17.2 Å². The molecule has 0 saturated carbocycles. The molecule has 2 aromatic rings. The highest BCUT2D eigenvalue weighted by atomic mass is 16.5. The molecular formula is C9H9N5O2. The molecule has 7 heteroatoms. The summed E-state index contributed by atoms with van der Waals surface area (Å²) >= 11 is 0. The van der Waals surface area contributed by atoms with Crippen molar-refractivity contribution in [2.45, 2.75) is 0 Å². The number of nitrogens with zero attached hydrogens (tertiary/aromatic N) is 2. The number of anilines is 2. The molecule has 7 nitrogen and oxygen atoms in total. The Morgan fingerprint density at radius 2 is 2.19 bits per heavy atom. The van der Waals surface area contributed by atoms with Crippen LogP contribution in [-0.4, -0.2) is 16.0 Å². The lowest BCUT2D eigenvalue weighted by atomic mass is 10.2. The Hall–Kier alpha value is -2.41. The standard InChI is InChI=1S/C9H9N5O2/c10-13-7-2-1-6(5-11-7)9(15)12-8-3-4-16-14-8/h1-5H,10H2,(H,11,13)(H,12,14,15). The summed E-state index contributed by atoms with van der Waals surface area (Å²) in [4.78, 5) is 15.5. The van der Waals surface area contributed by atoms with Gasteiger partial charge in [-0.15, -0.1) is 0 Å². The summed E-state index contributed by atoms with van der Waals surface area (Å²) in [6.07, 6.45) is 2.78. The van der Waals surface area contributed by atoms with Gasteiger partial charge in [-0.3, -0.25) is 4.79 Å². The monoisotopic (exact) mass is 219 g/mol. The number of rotatable bonds is 3. The zero-order valence-corrected chi connectivity index (χ0v) is 8.18. The Labute approximate surface area is 90.6 Å². The Bertz CT molecular complexity index is 465. The van der Waals surface area contributed by atoms with Crippen LogP contribution >= 0.6 is 0 Å². The Morgan fingerprint density at radius 1 is 1.31 bits per heavy atom. The number of carbonyl (C=O) groups is 1. The zero-order valence-electron chi connectivity index (χ0n) is 8.18. The van der Waals surface area contributed by atoms with Gasteiger partial charge in [0.25, 0.3) is 5.91 Å². The molecule has 2 heterocycles. The van der Waals surface area contributed by atoms with E-state index >= 15 is 0 Å². The molecule has 0 aliphatic carbocycles. The fourth-order valence-corrected chi connectivity index (χ4v) is 1.08. The second-order valence-corrected chi connectivity index (χ2v) is 2.92. The molecular weight excluding hydrogens is 210 g/mol. The molecule has 0 spiro atoms. The van der Waals surface area contributed by atoms with Gasteiger partial charge in [-0.25, -0.2) is 10.8 Å². The maximum Gasteiger partial charge on any atom is 0.258 e. The zero-order chi connectivity index (χ0) is 11.4. The summed E-state index contributed by atoms with van der Waals surface area (Å²) in [7, 11) is 0. The third-order valence-corrected chi connectivity index (χ3v) is 1.85. The average molecular weight is 219 g/mol. The minimum Gasteiger partial charge on any atom is -0.363 e. The predicted octanol–water partition coefficient (Wildman–Crippen LogP) is 0.608. The molecule has 0 aromatic carbocycles. The lowest BCUT2D eigenvalue weighted by Gasteiger charge is -2.02. The molecule has 0 unspecified atom stereocenters. The molecule has 16 heavy (non-hydrogen) atoms. The van der Waals surface area contributed by atoms with Crippen LogP contribution in [-0.2, 0) is 0 Å². The highest BCUT2D eigenvalue weighted by molar-refractivity contribution is 6.03. The SMILES string of the molecule is NNc1ccc(C(=O)Nc2ccon2)cn1. The van der Waals surface area contributed by atoms with E-state index in [2.05, 4.69) is 25.4 Å². The van der Waals surface area contributed by atoms with Crippen molar-refractivity contribution in [2.75, 3.05) is 10.7 Å². The van der Waals surface area contributed by atoms with Gasteiger partial charge in [-0.2, -0.15) is 0 Å². The number of nitrogen functional groups attached to an aromatic ring is 1. The summed E-state index contributed by atoms with van der Waals surface area (Å²) in [6, 6.07) is 4.73. The minimum absolute atomic E-state index is 0.315. The van der Waals surface area contributed by atoms with Crippen LogP contribution in [0.3, 0.4) is 0 Å². The molecule has 2 aromatic heterocycles. The lowest BCUT2D eigenvalue weighted by Crippen LogP contribution is -2.13. The molecule has 0 bridgehead atoms. The molecule has 4 N–H and O–H groups in total. The first-order chi connectivity index (χ1) is 7.79. The van der Waals surface area contributed by atoms with Crippen LogP contribution in [0.15, 0.2) is 35.2 Å². The highest BCUT2D eigenvalue weighted by Gasteiger charge is 2.07. The average Bonchev–Trinajstić information content (AvgIpc) is 2.82. The molecule has 0 atom stereocenters. The second-order valence-electron chi connectivity index (χ2n) is 2.92. The minimum atomic E-state index is -0.315. The fraction of sp³-hybridized carbons (Fsp3) is 0. The van der Waals surface area contributed by atoms with Gasteiger partial charge in [-0.05, 0) is 12.1 Å². The van der Waals surface area contributed by atoms with Crippen LogP contribution in [0.2, 0.25) is 0 Å². The summed E-state index contributed by atoms with van der Waals surface area (Å²) in [5.41, 5.74) is 2.77. The topological polar surface area (TPSA) is 106 Å². The van der Waals surface area contributed by atoms with Crippen molar-refractivity contribution < 1.29 is 9.32 Å². The molecule has 2 rings (SSSR count). The Balaban J connectivity index is 2.09. The van der Waals surface area contributed by atoms with E-state index in [1.807, 2.05) is 0 Å². The van der Waals surface area contributed by atoms with Crippen LogP contribution in [0.5, 0.6) is 0 Å². The van der Waals surface area contributed by atoms with Crippen molar-refractivity contribution in [3.05, 3.63) is 36.2 Å². The largest absolute Gasteiger partial charge is 0.363 e. The highest BCUT2D eigenvalue weighted by Crippen LogP contribution is 2.07. The number of hydrogen-bond donors (Lipinski definition) is 3. The van der Waals surface area contributed by atoms with E-state index in [0.717, 1.165) is 0 Å². The molecule has 82 valence electrons. The number of nitrogens with one attached hydrogen (secondary N) is 2. The molecule has 0 fully saturated rings. The van der Waals surface area contributed by atoms with Gasteiger partial charge in [0.05, 0.1) is 5.56 Å². The summed E-state index contributed by atoms with van der Waals surface area (Å²) in [5, 5.41) is 6.10. The molecule has 1 amide bonds. The number of carbonyl (C=O) groups excluding carboxylic acids is 1. The number of amides is 1. The Morgan fingerprint density at radius 3 is 2.75 bits per heavy atom. The van der Waals surface area contributed by atoms with Crippen molar-refractivity contribution in [2.24, 2.45) is 5.84 Å². The van der Waals surface area contributed by atoms with Crippen molar-refractivity contribution in [1.82, 2.24) is 10.1 Å². The number of pyridine rings is 1. The first kappa shape index (κ1) is 10.1. The van der Waals surface area contributed by atoms with E-state index < -0.39 is 0 Å². The second kappa shape index (κ2) is 4.41. The van der Waals surface area contributed by atoms with Gasteiger partial charge in [0.2, 0.25) is 0 Å². The van der Waals surface area contributed by atoms with Gasteiger partial charge in [0.15, 0.2) is 5.82 Å². The fourth-order valence-electron chi connectivity index (χ4n) is 1.08. The quantitative estimate of drug-likeness (QED) is 0.515. The third-order valence-electron chi connectivity index (χ3n) is 1.85. The van der Waals surface area contributed by atoms with E-state index in [-0.39, 0.29) is 5.91 Å². The molecule has 0 aliphatic rings. The van der Waals surface area contributed by atoms with Crippen molar-refractivity contribution in [1.29, 1.82) is 0 Å². The number of nitrogens with two attached hydrogens (primary N) is 1. The molecule has 0 saturated heterocycles. The first-order valence-electron chi connectivity index (χ1n) is 4.44. The van der Waals surface area contributed by atoms with Gasteiger partial charge < -0.3 is 15.3 Å². The Kier molecular flexibility index (Phi) is 2.79. The van der Waals surface area contributed by atoms with Gasteiger partial charge >= 0.3 is 0 Å². The summed E-state index contributed by atoms with van der Waals surface area (Å²) < 4.78 is 4.58. The lowest BCUT2D eigenvalue weighted by molar-refractivity contribution is 0.102. The van der Waals surface area contributed by atoms with E-state index in [9.17, 15) is 4.79 Å². The number of hydrogen-bond acceptors (Lipinski definition) is 6. The maximum absolute atomic E-state index is 11.6. The van der Waals surface area contributed by atoms with Crippen molar-refractivity contribution >= 4 is 17.5 Å². The van der Waals surface area contributed by atoms with Crippen LogP contribution in [0.25, 0.3) is 0 Å². The van der Waals surface area contributed by atoms with Gasteiger partial charge in [0.1, 0.15) is 12.1 Å². The van der Waals surface area contributed by atoms with E-state index in [1.54, 1.807) is 18.2 Å². The van der Waals surface area contributed by atoms with Crippen molar-refractivity contribution in [3.8, 4) is 0 Å².